The summed E-state index contributed by atoms with van der Waals surface area (Å²) < 4.78 is 0. The van der Waals surface area contributed by atoms with Crippen LogP contribution in [0.2, 0.25) is 0 Å². The highest BCUT2D eigenvalue weighted by Crippen LogP contribution is 2.27. The number of pyridine rings is 1. The molecule has 0 bridgehead atoms. The van der Waals surface area contributed by atoms with Gasteiger partial charge in [-0.05, 0) is 36.6 Å². The van der Waals surface area contributed by atoms with Gasteiger partial charge in [-0.3, -0.25) is 0 Å². The Balaban J connectivity index is 2.37. The molecule has 1 N–H and O–H groups in total. The van der Waals surface area contributed by atoms with Crippen LogP contribution in [0.25, 0.3) is 0 Å². The summed E-state index contributed by atoms with van der Waals surface area (Å²) in [5.74, 6) is 0.928. The third-order valence-electron chi connectivity index (χ3n) is 3.13. The molecule has 100 valence electrons. The molecule has 0 aliphatic heterocycles. The fraction of sp³-hybridized carbons (Fsp3) is 0.312. The van der Waals surface area contributed by atoms with Crippen LogP contribution in [0.5, 0.6) is 0 Å². The highest BCUT2D eigenvalue weighted by atomic mass is 16.3. The molecular formula is C16H20N2O. The van der Waals surface area contributed by atoms with Crippen LogP contribution in [-0.2, 0) is 6.42 Å². The van der Waals surface area contributed by atoms with Crippen LogP contribution < -0.4 is 4.90 Å². The van der Waals surface area contributed by atoms with Gasteiger partial charge in [0, 0.05) is 25.0 Å². The molecule has 0 aliphatic rings. The van der Waals surface area contributed by atoms with Crippen LogP contribution in [0.1, 0.15) is 18.9 Å². The fourth-order valence-electron chi connectivity index (χ4n) is 2.17. The standard InChI is InChI=1S/C16H20N2O/c1-2-14-8-3-4-9-15(14)18(12-7-13-19)16-10-5-6-11-17-16/h3-6,8-11,19H,2,7,12-13H2,1H3. The predicted molar refractivity (Wildman–Crippen MR) is 78.8 cm³/mol. The van der Waals surface area contributed by atoms with Crippen molar-refractivity contribution >= 4 is 11.5 Å². The molecule has 0 atom stereocenters. The maximum atomic E-state index is 9.09. The molecule has 0 spiro atoms. The summed E-state index contributed by atoms with van der Waals surface area (Å²) in [5.41, 5.74) is 2.48. The lowest BCUT2D eigenvalue weighted by Crippen LogP contribution is -2.21. The van der Waals surface area contributed by atoms with E-state index in [1.165, 1.54) is 11.3 Å². The Hall–Kier alpha value is -1.87. The van der Waals surface area contributed by atoms with Gasteiger partial charge in [-0.25, -0.2) is 4.98 Å². The van der Waals surface area contributed by atoms with E-state index in [0.29, 0.717) is 0 Å². The zero-order valence-electron chi connectivity index (χ0n) is 11.3. The van der Waals surface area contributed by atoms with Crippen LogP contribution in [0.3, 0.4) is 0 Å². The van der Waals surface area contributed by atoms with Crippen molar-refractivity contribution in [3.63, 3.8) is 0 Å². The van der Waals surface area contributed by atoms with E-state index in [1.54, 1.807) is 6.20 Å². The molecule has 1 aromatic carbocycles. The van der Waals surface area contributed by atoms with Gasteiger partial charge in [0.2, 0.25) is 0 Å². The minimum absolute atomic E-state index is 0.192. The Morgan fingerprint density at radius 3 is 2.58 bits per heavy atom. The van der Waals surface area contributed by atoms with Crippen molar-refractivity contribution in [3.8, 4) is 0 Å². The van der Waals surface area contributed by atoms with Gasteiger partial charge >= 0.3 is 0 Å². The number of hydrogen-bond donors (Lipinski definition) is 1. The smallest absolute Gasteiger partial charge is 0.132 e. The molecule has 2 aromatic rings. The quantitative estimate of drug-likeness (QED) is 0.862. The maximum Gasteiger partial charge on any atom is 0.132 e. The minimum Gasteiger partial charge on any atom is -0.396 e. The van der Waals surface area contributed by atoms with Crippen molar-refractivity contribution in [1.29, 1.82) is 0 Å². The highest BCUT2D eigenvalue weighted by molar-refractivity contribution is 5.63. The second kappa shape index (κ2) is 6.90. The van der Waals surface area contributed by atoms with E-state index in [0.717, 1.165) is 25.2 Å². The topological polar surface area (TPSA) is 36.4 Å². The molecule has 3 nitrogen and oxygen atoms in total. The zero-order chi connectivity index (χ0) is 13.5. The Kier molecular flexibility index (Phi) is 4.93. The largest absolute Gasteiger partial charge is 0.396 e. The van der Waals surface area contributed by atoms with Gasteiger partial charge in [-0.1, -0.05) is 31.2 Å². The van der Waals surface area contributed by atoms with Crippen molar-refractivity contribution in [1.82, 2.24) is 4.98 Å². The predicted octanol–water partition coefficient (Wildman–Crippen LogP) is 3.16. The normalized spacial score (nSPS) is 10.4. The molecule has 1 heterocycles. The van der Waals surface area contributed by atoms with Crippen LogP contribution >= 0.6 is 0 Å². The van der Waals surface area contributed by atoms with E-state index in [1.807, 2.05) is 24.3 Å². The Morgan fingerprint density at radius 1 is 1.11 bits per heavy atom. The summed E-state index contributed by atoms with van der Waals surface area (Å²) in [6.07, 6.45) is 3.52. The van der Waals surface area contributed by atoms with Crippen molar-refractivity contribution in [3.05, 3.63) is 54.2 Å². The summed E-state index contributed by atoms with van der Waals surface area (Å²) in [7, 11) is 0. The first-order chi connectivity index (χ1) is 9.36. The average molecular weight is 256 g/mol. The minimum atomic E-state index is 0.192. The number of aryl methyl sites for hydroxylation is 1. The van der Waals surface area contributed by atoms with Gasteiger partial charge in [0.05, 0.1) is 0 Å². The molecule has 0 unspecified atom stereocenters. The highest BCUT2D eigenvalue weighted by Gasteiger charge is 2.12. The Bertz CT molecular complexity index is 499. The van der Waals surface area contributed by atoms with Gasteiger partial charge in [0.25, 0.3) is 0 Å². The number of anilines is 2. The first kappa shape index (κ1) is 13.6. The lowest BCUT2D eigenvalue weighted by atomic mass is 10.1. The summed E-state index contributed by atoms with van der Waals surface area (Å²) in [6, 6.07) is 14.3. The molecule has 0 amide bonds. The van der Waals surface area contributed by atoms with E-state index < -0.39 is 0 Å². The SMILES string of the molecule is CCc1ccccc1N(CCCO)c1ccccn1. The third-order valence-corrected chi connectivity index (χ3v) is 3.13. The van der Waals surface area contributed by atoms with Crippen LogP contribution in [0, 0.1) is 0 Å². The van der Waals surface area contributed by atoms with E-state index in [-0.39, 0.29) is 6.61 Å². The van der Waals surface area contributed by atoms with E-state index in [4.69, 9.17) is 5.11 Å². The number of aliphatic hydroxyl groups is 1. The lowest BCUT2D eigenvalue weighted by molar-refractivity contribution is 0.290. The molecule has 0 fully saturated rings. The fourth-order valence-corrected chi connectivity index (χ4v) is 2.17. The van der Waals surface area contributed by atoms with E-state index in [9.17, 15) is 0 Å². The number of aromatic nitrogens is 1. The van der Waals surface area contributed by atoms with Crippen molar-refractivity contribution in [2.45, 2.75) is 19.8 Å². The van der Waals surface area contributed by atoms with Gasteiger partial charge in [0.15, 0.2) is 0 Å². The van der Waals surface area contributed by atoms with Crippen LogP contribution in [0.15, 0.2) is 48.7 Å². The van der Waals surface area contributed by atoms with Crippen LogP contribution in [0.4, 0.5) is 11.5 Å². The van der Waals surface area contributed by atoms with Crippen molar-refractivity contribution in [2.75, 3.05) is 18.1 Å². The molecular weight excluding hydrogens is 236 g/mol. The van der Waals surface area contributed by atoms with Gasteiger partial charge in [-0.15, -0.1) is 0 Å². The number of hydrogen-bond acceptors (Lipinski definition) is 3. The second-order valence-electron chi connectivity index (χ2n) is 4.40. The first-order valence-corrected chi connectivity index (χ1v) is 6.74. The van der Waals surface area contributed by atoms with Gasteiger partial charge < -0.3 is 10.0 Å². The number of rotatable bonds is 6. The van der Waals surface area contributed by atoms with Gasteiger partial charge in [-0.2, -0.15) is 0 Å². The molecule has 0 saturated heterocycles. The second-order valence-corrected chi connectivity index (χ2v) is 4.40. The summed E-state index contributed by atoms with van der Waals surface area (Å²) in [5, 5.41) is 9.09. The summed E-state index contributed by atoms with van der Waals surface area (Å²) >= 11 is 0. The average Bonchev–Trinajstić information content (AvgIpc) is 2.49. The Morgan fingerprint density at radius 2 is 1.89 bits per heavy atom. The third kappa shape index (κ3) is 3.32. The van der Waals surface area contributed by atoms with E-state index >= 15 is 0 Å². The Labute approximate surface area is 114 Å². The molecule has 3 heteroatoms. The lowest BCUT2D eigenvalue weighted by Gasteiger charge is -2.25. The van der Waals surface area contributed by atoms with Gasteiger partial charge in [0.1, 0.15) is 5.82 Å². The maximum absolute atomic E-state index is 9.09. The molecule has 0 saturated carbocycles. The van der Waals surface area contributed by atoms with Crippen LogP contribution in [-0.4, -0.2) is 23.2 Å². The molecule has 0 aliphatic carbocycles. The molecule has 19 heavy (non-hydrogen) atoms. The number of aliphatic hydroxyl groups excluding tert-OH is 1. The molecule has 1 aromatic heterocycles. The molecule has 0 radical (unpaired) electrons. The van der Waals surface area contributed by atoms with Crippen molar-refractivity contribution < 1.29 is 5.11 Å². The van der Waals surface area contributed by atoms with E-state index in [2.05, 4.69) is 35.0 Å². The number of benzene rings is 1. The zero-order valence-corrected chi connectivity index (χ0v) is 11.3. The summed E-state index contributed by atoms with van der Waals surface area (Å²) in [4.78, 5) is 6.60. The first-order valence-electron chi connectivity index (χ1n) is 6.74. The number of para-hydroxylation sites is 1. The number of nitrogens with zero attached hydrogens (tertiary/aromatic N) is 2. The monoisotopic (exact) mass is 256 g/mol. The summed E-state index contributed by atoms with van der Waals surface area (Å²) in [6.45, 7) is 3.11. The molecule has 2 rings (SSSR count). The van der Waals surface area contributed by atoms with Crippen molar-refractivity contribution in [2.24, 2.45) is 0 Å².